The van der Waals surface area contributed by atoms with E-state index in [2.05, 4.69) is 11.4 Å². The summed E-state index contributed by atoms with van der Waals surface area (Å²) in [5, 5.41) is 13.1. The Balaban J connectivity index is 2.17. The maximum atomic E-state index is 12.9. The van der Waals surface area contributed by atoms with Crippen molar-refractivity contribution in [2.75, 3.05) is 0 Å². The molecule has 6 heteroatoms. The fourth-order valence-electron chi connectivity index (χ4n) is 3.80. The monoisotopic (exact) mass is 363 g/mol. The van der Waals surface area contributed by atoms with Gasteiger partial charge >= 0.3 is 5.97 Å². The normalized spacial score (nSPS) is 31.7. The third-order valence-corrected chi connectivity index (χ3v) is 5.18. The molecule has 2 rings (SSSR count). The van der Waals surface area contributed by atoms with E-state index in [0.717, 1.165) is 18.4 Å². The van der Waals surface area contributed by atoms with Crippen LogP contribution < -0.4 is 5.32 Å². The molecule has 1 spiro atoms. The summed E-state index contributed by atoms with van der Waals surface area (Å²) in [4.78, 5) is 36.1. The van der Waals surface area contributed by atoms with Crippen molar-refractivity contribution in [3.63, 3.8) is 0 Å². The van der Waals surface area contributed by atoms with Crippen LogP contribution in [0.15, 0.2) is 23.3 Å². The molecule has 0 aromatic carbocycles. The molecule has 2 aliphatic rings. The molecule has 0 bridgehead atoms. The second kappa shape index (κ2) is 8.16. The maximum absolute atomic E-state index is 12.9. The van der Waals surface area contributed by atoms with Crippen LogP contribution in [0.1, 0.15) is 59.8 Å². The summed E-state index contributed by atoms with van der Waals surface area (Å²) in [7, 11) is 0. The number of esters is 1. The van der Waals surface area contributed by atoms with Crippen molar-refractivity contribution < 1.29 is 24.2 Å². The average molecular weight is 363 g/mol. The van der Waals surface area contributed by atoms with Gasteiger partial charge in [-0.3, -0.25) is 14.4 Å². The van der Waals surface area contributed by atoms with Gasteiger partial charge in [0.15, 0.2) is 0 Å². The summed E-state index contributed by atoms with van der Waals surface area (Å²) in [6.07, 6.45) is 4.28. The number of aliphatic hydroxyl groups excluding tert-OH is 1. The first-order valence-corrected chi connectivity index (χ1v) is 9.12. The summed E-state index contributed by atoms with van der Waals surface area (Å²) in [6.45, 7) is 7.40. The van der Waals surface area contributed by atoms with Crippen molar-refractivity contribution in [2.45, 2.75) is 78.0 Å². The van der Waals surface area contributed by atoms with Gasteiger partial charge in [0.05, 0.1) is 24.0 Å². The lowest BCUT2D eigenvalue weighted by Gasteiger charge is -2.40. The van der Waals surface area contributed by atoms with E-state index in [4.69, 9.17) is 4.74 Å². The van der Waals surface area contributed by atoms with Gasteiger partial charge in [0.1, 0.15) is 11.9 Å². The minimum atomic E-state index is -1.02. The van der Waals surface area contributed by atoms with Crippen molar-refractivity contribution in [3.8, 4) is 0 Å². The molecule has 1 amide bonds. The predicted molar refractivity (Wildman–Crippen MR) is 97.2 cm³/mol. The zero-order chi connectivity index (χ0) is 19.5. The minimum absolute atomic E-state index is 0.0124. The zero-order valence-electron chi connectivity index (χ0n) is 16.0. The maximum Gasteiger partial charge on any atom is 0.307 e. The fraction of sp³-hybridized carbons (Fsp3) is 0.650. The van der Waals surface area contributed by atoms with Crippen LogP contribution in [0.25, 0.3) is 0 Å². The lowest BCUT2D eigenvalue weighted by Crippen LogP contribution is -2.55. The SMILES string of the molecule is CC(=O)N[C@@H]1CC(=O)[C@@]2(CC(=O)O[C@@H]2C=C(C)CCC=C(C)C)C[C@@H]1O. The molecule has 2 N–H and O–H groups in total. The van der Waals surface area contributed by atoms with Crippen molar-refractivity contribution in [3.05, 3.63) is 23.3 Å². The number of cyclic esters (lactones) is 1. The molecule has 0 unspecified atom stereocenters. The number of ether oxygens (including phenoxy) is 1. The Hall–Kier alpha value is -1.95. The standard InChI is InChI=1S/C20H29NO5/c1-12(2)6-5-7-13(3)8-18-20(11-19(25)26-18)10-16(23)15(9-17(20)24)21-14(4)22/h6,8,15-16,18,23H,5,7,9-11H2,1-4H3,(H,21,22)/t15-,16+,18-,20+/m1/s1. The van der Waals surface area contributed by atoms with Crippen LogP contribution in [0.2, 0.25) is 0 Å². The largest absolute Gasteiger partial charge is 0.457 e. The first-order valence-electron chi connectivity index (χ1n) is 9.12. The van der Waals surface area contributed by atoms with Crippen LogP contribution in [0.5, 0.6) is 0 Å². The number of rotatable bonds is 5. The van der Waals surface area contributed by atoms with Crippen molar-refractivity contribution in [1.82, 2.24) is 5.32 Å². The van der Waals surface area contributed by atoms with Crippen LogP contribution in [-0.4, -0.2) is 41.0 Å². The van der Waals surface area contributed by atoms with E-state index < -0.39 is 29.6 Å². The Morgan fingerprint density at radius 2 is 2.00 bits per heavy atom. The first kappa shape index (κ1) is 20.4. The number of carbonyl (C=O) groups excluding carboxylic acids is 3. The van der Waals surface area contributed by atoms with Crippen LogP contribution in [0.3, 0.4) is 0 Å². The molecule has 1 saturated carbocycles. The average Bonchev–Trinajstić information content (AvgIpc) is 2.80. The molecule has 0 aromatic rings. The number of Topliss-reactive ketones (excluding diaryl/α,β-unsaturated/α-hetero) is 1. The number of hydrogen-bond acceptors (Lipinski definition) is 5. The van der Waals surface area contributed by atoms with Crippen LogP contribution in [-0.2, 0) is 19.1 Å². The number of nitrogens with one attached hydrogen (secondary N) is 1. The number of allylic oxidation sites excluding steroid dienone is 3. The van der Waals surface area contributed by atoms with Crippen molar-refractivity contribution >= 4 is 17.7 Å². The summed E-state index contributed by atoms with van der Waals surface area (Å²) < 4.78 is 5.44. The molecule has 1 heterocycles. The Labute approximate surface area is 154 Å². The summed E-state index contributed by atoms with van der Waals surface area (Å²) in [5.41, 5.74) is 1.27. The van der Waals surface area contributed by atoms with E-state index in [1.165, 1.54) is 12.5 Å². The Bertz CT molecular complexity index is 647. The van der Waals surface area contributed by atoms with Crippen LogP contribution >= 0.6 is 0 Å². The highest BCUT2D eigenvalue weighted by Crippen LogP contribution is 2.46. The van der Waals surface area contributed by atoms with Gasteiger partial charge in [0.25, 0.3) is 0 Å². The molecule has 1 aliphatic carbocycles. The van der Waals surface area contributed by atoms with E-state index in [0.29, 0.717) is 0 Å². The van der Waals surface area contributed by atoms with Crippen molar-refractivity contribution in [2.24, 2.45) is 5.41 Å². The molecular formula is C20H29NO5. The van der Waals surface area contributed by atoms with E-state index in [-0.39, 0.29) is 31.0 Å². The van der Waals surface area contributed by atoms with Crippen LogP contribution in [0.4, 0.5) is 0 Å². The summed E-state index contributed by atoms with van der Waals surface area (Å²) in [6, 6.07) is -0.607. The van der Waals surface area contributed by atoms with Gasteiger partial charge in [-0.1, -0.05) is 17.2 Å². The molecule has 4 atom stereocenters. The van der Waals surface area contributed by atoms with Gasteiger partial charge in [0.2, 0.25) is 5.91 Å². The van der Waals surface area contributed by atoms with Crippen LogP contribution in [0, 0.1) is 5.41 Å². The fourth-order valence-corrected chi connectivity index (χ4v) is 3.80. The molecule has 0 radical (unpaired) electrons. The lowest BCUT2D eigenvalue weighted by molar-refractivity contribution is -0.141. The molecule has 2 fully saturated rings. The van der Waals surface area contributed by atoms with E-state index in [1.54, 1.807) is 0 Å². The minimum Gasteiger partial charge on any atom is -0.457 e. The molecule has 1 saturated heterocycles. The number of aliphatic hydroxyl groups is 1. The number of hydrogen-bond donors (Lipinski definition) is 2. The molecule has 6 nitrogen and oxygen atoms in total. The highest BCUT2D eigenvalue weighted by atomic mass is 16.6. The Morgan fingerprint density at radius 1 is 1.31 bits per heavy atom. The second-order valence-electron chi connectivity index (χ2n) is 7.78. The molecular weight excluding hydrogens is 334 g/mol. The van der Waals surface area contributed by atoms with Gasteiger partial charge < -0.3 is 15.2 Å². The summed E-state index contributed by atoms with van der Waals surface area (Å²) >= 11 is 0. The third-order valence-electron chi connectivity index (χ3n) is 5.18. The quantitative estimate of drug-likeness (QED) is 0.577. The van der Waals surface area contributed by atoms with E-state index in [1.807, 2.05) is 26.8 Å². The zero-order valence-corrected chi connectivity index (χ0v) is 16.0. The highest BCUT2D eigenvalue weighted by molar-refractivity contribution is 5.94. The van der Waals surface area contributed by atoms with E-state index in [9.17, 15) is 19.5 Å². The number of amides is 1. The number of carbonyl (C=O) groups is 3. The Morgan fingerprint density at radius 3 is 2.62 bits per heavy atom. The van der Waals surface area contributed by atoms with Gasteiger partial charge in [-0.15, -0.1) is 0 Å². The molecule has 0 aromatic heterocycles. The lowest BCUT2D eigenvalue weighted by atomic mass is 9.65. The first-order chi connectivity index (χ1) is 12.1. The smallest absolute Gasteiger partial charge is 0.307 e. The number of ketones is 1. The molecule has 144 valence electrons. The second-order valence-corrected chi connectivity index (χ2v) is 7.78. The molecule has 1 aliphatic heterocycles. The van der Waals surface area contributed by atoms with Gasteiger partial charge in [-0.25, -0.2) is 0 Å². The Kier molecular flexibility index (Phi) is 6.39. The van der Waals surface area contributed by atoms with E-state index >= 15 is 0 Å². The van der Waals surface area contributed by atoms with Gasteiger partial charge in [0, 0.05) is 13.3 Å². The molecule has 26 heavy (non-hydrogen) atoms. The predicted octanol–water partition coefficient (Wildman–Crippen LogP) is 2.21. The summed E-state index contributed by atoms with van der Waals surface area (Å²) in [5.74, 6) is -0.837. The topological polar surface area (TPSA) is 92.7 Å². The van der Waals surface area contributed by atoms with Crippen molar-refractivity contribution in [1.29, 1.82) is 0 Å². The third kappa shape index (κ3) is 4.61. The van der Waals surface area contributed by atoms with Gasteiger partial charge in [-0.05, 0) is 46.1 Å². The highest BCUT2D eigenvalue weighted by Gasteiger charge is 2.57. The van der Waals surface area contributed by atoms with Gasteiger partial charge in [-0.2, -0.15) is 0 Å².